The van der Waals surface area contributed by atoms with E-state index in [9.17, 15) is 9.18 Å². The van der Waals surface area contributed by atoms with Crippen molar-refractivity contribution in [3.05, 3.63) is 53.3 Å². The summed E-state index contributed by atoms with van der Waals surface area (Å²) < 4.78 is 24.9. The summed E-state index contributed by atoms with van der Waals surface area (Å²) in [5, 5.41) is 2.56. The molecular formula is C18H17ClFNO3. The van der Waals surface area contributed by atoms with Gasteiger partial charge in [-0.05, 0) is 43.9 Å². The fraction of sp³-hybridized carbons (Fsp3) is 0.278. The number of rotatable bonds is 4. The van der Waals surface area contributed by atoms with E-state index in [1.807, 2.05) is 0 Å². The summed E-state index contributed by atoms with van der Waals surface area (Å²) in [5.41, 5.74) is -0.0340. The summed E-state index contributed by atoms with van der Waals surface area (Å²) in [7, 11) is 0. The van der Waals surface area contributed by atoms with E-state index < -0.39 is 11.9 Å². The van der Waals surface area contributed by atoms with Gasteiger partial charge in [0.2, 0.25) is 0 Å². The zero-order valence-electron chi connectivity index (χ0n) is 12.9. The molecule has 0 bridgehead atoms. The van der Waals surface area contributed by atoms with Crippen molar-refractivity contribution in [2.24, 2.45) is 0 Å². The van der Waals surface area contributed by atoms with Gasteiger partial charge >= 0.3 is 6.09 Å². The van der Waals surface area contributed by atoms with Crippen molar-refractivity contribution in [3.63, 3.8) is 0 Å². The molecule has 0 aromatic heterocycles. The van der Waals surface area contributed by atoms with Crippen LogP contribution in [0, 0.1) is 5.82 Å². The summed E-state index contributed by atoms with van der Waals surface area (Å²) in [6, 6.07) is 11.1. The highest BCUT2D eigenvalue weighted by molar-refractivity contribution is 6.32. The Morgan fingerprint density at radius 2 is 1.88 bits per heavy atom. The Labute approximate surface area is 144 Å². The predicted molar refractivity (Wildman–Crippen MR) is 90.4 cm³/mol. The van der Waals surface area contributed by atoms with Crippen molar-refractivity contribution in [1.29, 1.82) is 0 Å². The van der Waals surface area contributed by atoms with Crippen LogP contribution in [0.15, 0.2) is 42.5 Å². The van der Waals surface area contributed by atoms with Gasteiger partial charge in [-0.2, -0.15) is 0 Å². The molecule has 0 radical (unpaired) electrons. The van der Waals surface area contributed by atoms with Gasteiger partial charge in [0, 0.05) is 6.07 Å². The van der Waals surface area contributed by atoms with Gasteiger partial charge in [-0.25, -0.2) is 9.18 Å². The summed E-state index contributed by atoms with van der Waals surface area (Å²) in [5.74, 6) is 0.0792. The Morgan fingerprint density at radius 1 is 1.17 bits per heavy atom. The first-order chi connectivity index (χ1) is 11.6. The fourth-order valence-electron chi connectivity index (χ4n) is 2.63. The molecule has 1 amide bonds. The molecule has 0 aliphatic heterocycles. The third kappa shape index (κ3) is 4.17. The SMILES string of the molecule is O=C(Nc1cc(OC2CCCC2)c(Cl)cc1F)Oc1ccccc1. The zero-order valence-corrected chi connectivity index (χ0v) is 13.7. The number of benzene rings is 2. The van der Waals surface area contributed by atoms with Gasteiger partial charge in [0.25, 0.3) is 0 Å². The number of carbonyl (C=O) groups excluding carboxylic acids is 1. The van der Waals surface area contributed by atoms with E-state index in [2.05, 4.69) is 5.32 Å². The lowest BCUT2D eigenvalue weighted by Crippen LogP contribution is -2.18. The van der Waals surface area contributed by atoms with E-state index in [4.69, 9.17) is 21.1 Å². The Kier molecular flexibility index (Phi) is 5.20. The molecule has 6 heteroatoms. The lowest BCUT2D eigenvalue weighted by molar-refractivity contribution is 0.210. The molecule has 0 atom stereocenters. The van der Waals surface area contributed by atoms with Crippen LogP contribution in [0.25, 0.3) is 0 Å². The molecule has 1 N–H and O–H groups in total. The normalized spacial score (nSPS) is 14.4. The van der Waals surface area contributed by atoms with E-state index in [-0.39, 0.29) is 16.8 Å². The van der Waals surface area contributed by atoms with Crippen molar-refractivity contribution in [2.45, 2.75) is 31.8 Å². The van der Waals surface area contributed by atoms with Crippen LogP contribution in [0.1, 0.15) is 25.7 Å². The van der Waals surface area contributed by atoms with Crippen molar-refractivity contribution < 1.29 is 18.7 Å². The molecule has 1 saturated carbocycles. The standard InChI is InChI=1S/C18H17ClFNO3/c19-14-10-15(20)16(11-17(14)23-12-8-4-5-9-12)21-18(22)24-13-6-2-1-3-7-13/h1-3,6-7,10-12H,4-5,8-9H2,(H,21,22). The maximum Gasteiger partial charge on any atom is 0.417 e. The Balaban J connectivity index is 1.71. The molecule has 1 fully saturated rings. The second-order valence-corrected chi connectivity index (χ2v) is 6.02. The van der Waals surface area contributed by atoms with E-state index >= 15 is 0 Å². The number of amides is 1. The highest BCUT2D eigenvalue weighted by atomic mass is 35.5. The van der Waals surface area contributed by atoms with E-state index in [0.29, 0.717) is 11.5 Å². The minimum Gasteiger partial charge on any atom is -0.489 e. The quantitative estimate of drug-likeness (QED) is 0.802. The molecule has 1 aliphatic rings. The predicted octanol–water partition coefficient (Wildman–Crippen LogP) is 5.41. The molecule has 24 heavy (non-hydrogen) atoms. The van der Waals surface area contributed by atoms with Crippen LogP contribution >= 0.6 is 11.6 Å². The van der Waals surface area contributed by atoms with Gasteiger partial charge in [0.1, 0.15) is 17.3 Å². The van der Waals surface area contributed by atoms with Crippen molar-refractivity contribution >= 4 is 23.4 Å². The third-order valence-electron chi connectivity index (χ3n) is 3.81. The minimum atomic E-state index is -0.783. The number of anilines is 1. The van der Waals surface area contributed by atoms with E-state index in [0.717, 1.165) is 31.7 Å². The number of hydrogen-bond donors (Lipinski definition) is 1. The van der Waals surface area contributed by atoms with E-state index in [1.54, 1.807) is 30.3 Å². The van der Waals surface area contributed by atoms with Gasteiger partial charge in [-0.1, -0.05) is 29.8 Å². The molecule has 2 aromatic carbocycles. The molecule has 2 aromatic rings. The molecule has 1 aliphatic carbocycles. The number of ether oxygens (including phenoxy) is 2. The van der Waals surface area contributed by atoms with Crippen LogP contribution in [0.5, 0.6) is 11.5 Å². The average Bonchev–Trinajstić information content (AvgIpc) is 3.06. The molecule has 3 rings (SSSR count). The number of carbonyl (C=O) groups is 1. The lowest BCUT2D eigenvalue weighted by Gasteiger charge is -2.16. The number of hydrogen-bond acceptors (Lipinski definition) is 3. The summed E-state index contributed by atoms with van der Waals surface area (Å²) >= 11 is 6.04. The van der Waals surface area contributed by atoms with Crippen LogP contribution in [-0.2, 0) is 0 Å². The van der Waals surface area contributed by atoms with Gasteiger partial charge in [0.05, 0.1) is 16.8 Å². The van der Waals surface area contributed by atoms with Crippen molar-refractivity contribution in [2.75, 3.05) is 5.32 Å². The highest BCUT2D eigenvalue weighted by Gasteiger charge is 2.20. The topological polar surface area (TPSA) is 47.6 Å². The number of halogens is 2. The second-order valence-electron chi connectivity index (χ2n) is 5.61. The third-order valence-corrected chi connectivity index (χ3v) is 4.10. The minimum absolute atomic E-state index is 0.0340. The maximum atomic E-state index is 14.0. The summed E-state index contributed by atoms with van der Waals surface area (Å²) in [6.45, 7) is 0. The number of para-hydroxylation sites is 1. The first-order valence-electron chi connectivity index (χ1n) is 7.81. The molecule has 4 nitrogen and oxygen atoms in total. The second kappa shape index (κ2) is 7.53. The largest absolute Gasteiger partial charge is 0.489 e. The molecule has 126 valence electrons. The average molecular weight is 350 g/mol. The van der Waals surface area contributed by atoms with Gasteiger partial charge < -0.3 is 9.47 Å². The van der Waals surface area contributed by atoms with Crippen LogP contribution in [0.4, 0.5) is 14.9 Å². The smallest absolute Gasteiger partial charge is 0.417 e. The molecule has 0 saturated heterocycles. The summed E-state index contributed by atoms with van der Waals surface area (Å²) in [4.78, 5) is 11.9. The molecule has 0 spiro atoms. The highest BCUT2D eigenvalue weighted by Crippen LogP contribution is 2.33. The van der Waals surface area contributed by atoms with Crippen LogP contribution in [0.2, 0.25) is 5.02 Å². The van der Waals surface area contributed by atoms with Gasteiger partial charge in [-0.15, -0.1) is 0 Å². The van der Waals surface area contributed by atoms with Gasteiger partial charge in [0.15, 0.2) is 0 Å². The van der Waals surface area contributed by atoms with Gasteiger partial charge in [-0.3, -0.25) is 5.32 Å². The van der Waals surface area contributed by atoms with Crippen LogP contribution in [-0.4, -0.2) is 12.2 Å². The summed E-state index contributed by atoms with van der Waals surface area (Å²) in [6.07, 6.45) is 3.42. The first kappa shape index (κ1) is 16.6. The monoisotopic (exact) mass is 349 g/mol. The maximum absolute atomic E-state index is 14.0. The molecule has 0 unspecified atom stereocenters. The number of nitrogens with one attached hydrogen (secondary N) is 1. The van der Waals surface area contributed by atoms with E-state index in [1.165, 1.54) is 6.07 Å². The Bertz CT molecular complexity index is 718. The zero-order chi connectivity index (χ0) is 16.9. The lowest BCUT2D eigenvalue weighted by atomic mass is 10.2. The van der Waals surface area contributed by atoms with Crippen molar-refractivity contribution in [3.8, 4) is 11.5 Å². The Morgan fingerprint density at radius 3 is 2.58 bits per heavy atom. The fourth-order valence-corrected chi connectivity index (χ4v) is 2.83. The van der Waals surface area contributed by atoms with Crippen LogP contribution < -0.4 is 14.8 Å². The Hall–Kier alpha value is -2.27. The first-order valence-corrected chi connectivity index (χ1v) is 8.19. The van der Waals surface area contributed by atoms with Crippen LogP contribution in [0.3, 0.4) is 0 Å². The van der Waals surface area contributed by atoms with Crippen molar-refractivity contribution in [1.82, 2.24) is 0 Å². The molecule has 0 heterocycles. The molecular weight excluding hydrogens is 333 g/mol.